The molecular weight excluding hydrogens is 214 g/mol. The smallest absolute Gasteiger partial charge is 0.394 e. The van der Waals surface area contributed by atoms with Gasteiger partial charge in [0.05, 0.1) is 18.2 Å². The molecule has 15 heavy (non-hydrogen) atoms. The summed E-state index contributed by atoms with van der Waals surface area (Å²) >= 11 is 0. The molecule has 1 aromatic rings. The minimum absolute atomic E-state index is 0.440. The summed E-state index contributed by atoms with van der Waals surface area (Å²) < 4.78 is 50.3. The maximum atomic E-state index is 13.0. The average molecular weight is 223 g/mol. The summed E-state index contributed by atoms with van der Waals surface area (Å²) in [4.78, 5) is 0. The number of aliphatic hydroxyl groups excluding tert-OH is 1. The van der Waals surface area contributed by atoms with Crippen LogP contribution >= 0.6 is 0 Å². The summed E-state index contributed by atoms with van der Waals surface area (Å²) in [6, 6.07) is 1.64. The van der Waals surface area contributed by atoms with Crippen LogP contribution in [0.15, 0.2) is 18.2 Å². The molecule has 84 valence electrons. The molecule has 1 rings (SSSR count). The van der Waals surface area contributed by atoms with Crippen molar-refractivity contribution in [3.63, 3.8) is 0 Å². The molecule has 0 aliphatic carbocycles. The predicted octanol–water partition coefficient (Wildman–Crippen LogP) is 1.84. The summed E-state index contributed by atoms with van der Waals surface area (Å²) in [5.41, 5.74) is 3.39. The van der Waals surface area contributed by atoms with Crippen molar-refractivity contribution in [1.29, 1.82) is 0 Å². The van der Waals surface area contributed by atoms with Gasteiger partial charge in [0.2, 0.25) is 0 Å². The number of alkyl halides is 3. The maximum Gasteiger partial charge on any atom is 0.419 e. The summed E-state index contributed by atoms with van der Waals surface area (Å²) in [5.74, 6) is -1.39. The number of benzene rings is 1. The van der Waals surface area contributed by atoms with Crippen LogP contribution in [0.4, 0.5) is 17.6 Å². The van der Waals surface area contributed by atoms with Crippen molar-refractivity contribution in [1.82, 2.24) is 0 Å². The Morgan fingerprint density at radius 3 is 2.40 bits per heavy atom. The Hall–Kier alpha value is -1.14. The fourth-order valence-electron chi connectivity index (χ4n) is 1.25. The van der Waals surface area contributed by atoms with E-state index in [2.05, 4.69) is 0 Å². The van der Waals surface area contributed by atoms with Crippen molar-refractivity contribution < 1.29 is 22.7 Å². The summed E-state index contributed by atoms with van der Waals surface area (Å²) in [5, 5.41) is 8.65. The Bertz CT molecular complexity index is 350. The zero-order chi connectivity index (χ0) is 11.6. The highest BCUT2D eigenvalue weighted by molar-refractivity contribution is 5.33. The molecule has 0 heterocycles. The second-order valence-corrected chi connectivity index (χ2v) is 2.99. The third kappa shape index (κ3) is 2.45. The van der Waals surface area contributed by atoms with E-state index in [0.29, 0.717) is 6.07 Å². The van der Waals surface area contributed by atoms with E-state index in [-0.39, 0.29) is 0 Å². The van der Waals surface area contributed by atoms with Gasteiger partial charge in [-0.1, -0.05) is 12.1 Å². The third-order valence-corrected chi connectivity index (χ3v) is 1.93. The molecule has 0 radical (unpaired) electrons. The van der Waals surface area contributed by atoms with E-state index in [9.17, 15) is 17.6 Å². The Kier molecular flexibility index (Phi) is 3.31. The van der Waals surface area contributed by atoms with Crippen LogP contribution in [-0.2, 0) is 6.18 Å². The van der Waals surface area contributed by atoms with Crippen molar-refractivity contribution in [2.24, 2.45) is 5.73 Å². The Balaban J connectivity index is 3.33. The van der Waals surface area contributed by atoms with E-state index in [4.69, 9.17) is 10.8 Å². The number of aliphatic hydroxyl groups is 1. The number of nitrogens with two attached hydrogens (primary N) is 1. The SMILES string of the molecule is NC(CO)c1cccc(F)c1C(F)(F)F. The lowest BCUT2D eigenvalue weighted by atomic mass is 10.0. The fraction of sp³-hybridized carbons (Fsp3) is 0.333. The lowest BCUT2D eigenvalue weighted by Gasteiger charge is -2.17. The van der Waals surface area contributed by atoms with Crippen LogP contribution in [0.5, 0.6) is 0 Å². The largest absolute Gasteiger partial charge is 0.419 e. The second kappa shape index (κ2) is 4.16. The van der Waals surface area contributed by atoms with Gasteiger partial charge < -0.3 is 10.8 Å². The van der Waals surface area contributed by atoms with Crippen LogP contribution in [0.3, 0.4) is 0 Å². The highest BCUT2D eigenvalue weighted by Crippen LogP contribution is 2.35. The normalized spacial score (nSPS) is 14.0. The number of hydrogen-bond acceptors (Lipinski definition) is 2. The fourth-order valence-corrected chi connectivity index (χ4v) is 1.25. The summed E-state index contributed by atoms with van der Waals surface area (Å²) in [6.45, 7) is -0.674. The molecule has 0 bridgehead atoms. The summed E-state index contributed by atoms with van der Waals surface area (Å²) in [7, 11) is 0. The highest BCUT2D eigenvalue weighted by Gasteiger charge is 2.37. The second-order valence-electron chi connectivity index (χ2n) is 2.99. The molecule has 0 aliphatic rings. The molecule has 0 aliphatic heterocycles. The van der Waals surface area contributed by atoms with Gasteiger partial charge in [-0.05, 0) is 11.6 Å². The Labute approximate surface area is 83.3 Å². The van der Waals surface area contributed by atoms with E-state index in [1.54, 1.807) is 0 Å². The van der Waals surface area contributed by atoms with E-state index in [1.807, 2.05) is 0 Å². The minimum atomic E-state index is -4.81. The zero-order valence-corrected chi connectivity index (χ0v) is 7.55. The third-order valence-electron chi connectivity index (χ3n) is 1.93. The van der Waals surface area contributed by atoms with Gasteiger partial charge in [0, 0.05) is 0 Å². The molecule has 6 heteroatoms. The van der Waals surface area contributed by atoms with E-state index >= 15 is 0 Å². The van der Waals surface area contributed by atoms with E-state index < -0.39 is 35.8 Å². The minimum Gasteiger partial charge on any atom is -0.394 e. The van der Waals surface area contributed by atoms with Gasteiger partial charge in [-0.25, -0.2) is 4.39 Å². The first-order valence-electron chi connectivity index (χ1n) is 4.10. The number of rotatable bonds is 2. The van der Waals surface area contributed by atoms with Crippen molar-refractivity contribution in [2.75, 3.05) is 6.61 Å². The molecule has 3 N–H and O–H groups in total. The van der Waals surface area contributed by atoms with Crippen LogP contribution in [0.25, 0.3) is 0 Å². The van der Waals surface area contributed by atoms with E-state index in [0.717, 1.165) is 12.1 Å². The standard InChI is InChI=1S/C9H9F4NO/c10-6-3-1-2-5(7(14)4-15)8(6)9(11,12)13/h1-3,7,15H,4,14H2. The van der Waals surface area contributed by atoms with Crippen molar-refractivity contribution in [3.05, 3.63) is 35.1 Å². The van der Waals surface area contributed by atoms with Crippen LogP contribution in [-0.4, -0.2) is 11.7 Å². The Morgan fingerprint density at radius 1 is 1.33 bits per heavy atom. The van der Waals surface area contributed by atoms with Gasteiger partial charge in [-0.2, -0.15) is 13.2 Å². The van der Waals surface area contributed by atoms with Crippen molar-refractivity contribution >= 4 is 0 Å². The van der Waals surface area contributed by atoms with Crippen LogP contribution in [0.2, 0.25) is 0 Å². The quantitative estimate of drug-likeness (QED) is 0.751. The first kappa shape index (κ1) is 11.9. The van der Waals surface area contributed by atoms with Crippen molar-refractivity contribution in [3.8, 4) is 0 Å². The maximum absolute atomic E-state index is 13.0. The molecule has 0 saturated heterocycles. The monoisotopic (exact) mass is 223 g/mol. The van der Waals surface area contributed by atoms with Gasteiger partial charge in [0.15, 0.2) is 0 Å². The Morgan fingerprint density at radius 2 is 1.93 bits per heavy atom. The molecule has 0 aromatic heterocycles. The summed E-state index contributed by atoms with van der Waals surface area (Å²) in [6.07, 6.45) is -4.81. The lowest BCUT2D eigenvalue weighted by Crippen LogP contribution is -2.21. The van der Waals surface area contributed by atoms with Crippen LogP contribution < -0.4 is 5.73 Å². The van der Waals surface area contributed by atoms with Gasteiger partial charge in [0.25, 0.3) is 0 Å². The van der Waals surface area contributed by atoms with Crippen LogP contribution in [0, 0.1) is 5.82 Å². The molecule has 1 aromatic carbocycles. The molecule has 0 spiro atoms. The van der Waals surface area contributed by atoms with Gasteiger partial charge in [-0.15, -0.1) is 0 Å². The van der Waals surface area contributed by atoms with Gasteiger partial charge in [0.1, 0.15) is 5.82 Å². The molecule has 0 saturated carbocycles. The lowest BCUT2D eigenvalue weighted by molar-refractivity contribution is -0.140. The molecule has 0 amide bonds. The number of halogens is 4. The topological polar surface area (TPSA) is 46.2 Å². The first-order chi connectivity index (χ1) is 6.88. The zero-order valence-electron chi connectivity index (χ0n) is 7.55. The molecule has 1 unspecified atom stereocenters. The molecule has 2 nitrogen and oxygen atoms in total. The predicted molar refractivity (Wildman–Crippen MR) is 45.4 cm³/mol. The van der Waals surface area contributed by atoms with Gasteiger partial charge >= 0.3 is 6.18 Å². The molecule has 1 atom stereocenters. The first-order valence-corrected chi connectivity index (χ1v) is 4.10. The molecule has 0 fully saturated rings. The van der Waals surface area contributed by atoms with E-state index in [1.165, 1.54) is 0 Å². The van der Waals surface area contributed by atoms with Crippen LogP contribution in [0.1, 0.15) is 17.2 Å². The number of hydrogen-bond donors (Lipinski definition) is 2. The van der Waals surface area contributed by atoms with Crippen molar-refractivity contribution in [2.45, 2.75) is 12.2 Å². The highest BCUT2D eigenvalue weighted by atomic mass is 19.4. The average Bonchev–Trinajstić information content (AvgIpc) is 2.14. The van der Waals surface area contributed by atoms with Gasteiger partial charge in [-0.3, -0.25) is 0 Å². The molecular formula is C9H9F4NO.